The Morgan fingerprint density at radius 1 is 1.53 bits per heavy atom. The summed E-state index contributed by atoms with van der Waals surface area (Å²) < 4.78 is 0. The lowest BCUT2D eigenvalue weighted by Crippen LogP contribution is -2.42. The van der Waals surface area contributed by atoms with Crippen LogP contribution < -0.4 is 11.1 Å². The average Bonchev–Trinajstić information content (AvgIpc) is 2.31. The van der Waals surface area contributed by atoms with Gasteiger partial charge in [-0.05, 0) is 19.1 Å². The van der Waals surface area contributed by atoms with Gasteiger partial charge in [0.25, 0.3) is 5.91 Å². The number of rotatable bonds is 3. The summed E-state index contributed by atoms with van der Waals surface area (Å²) in [7, 11) is 0. The van der Waals surface area contributed by atoms with E-state index in [0.717, 1.165) is 0 Å². The molecule has 0 aliphatic carbocycles. The van der Waals surface area contributed by atoms with Gasteiger partial charge in [0, 0.05) is 0 Å². The van der Waals surface area contributed by atoms with Crippen LogP contribution in [0.3, 0.4) is 0 Å². The Balaban J connectivity index is 2.88. The van der Waals surface area contributed by atoms with Crippen LogP contribution >= 0.6 is 23.2 Å². The minimum atomic E-state index is -0.609. The molecule has 92 valence electrons. The molecule has 1 rings (SSSR count). The quantitative estimate of drug-likeness (QED) is 0.341. The molecule has 0 heterocycles. The number of hydrogen-bond donors (Lipinski definition) is 3. The van der Waals surface area contributed by atoms with Gasteiger partial charge in [-0.1, -0.05) is 34.4 Å². The van der Waals surface area contributed by atoms with Crippen LogP contribution in [0.1, 0.15) is 17.3 Å². The number of halogens is 2. The van der Waals surface area contributed by atoms with Crippen LogP contribution in [0.4, 0.5) is 0 Å². The standard InChI is InChI=1S/C10H11Cl2N3O2/c1-5(9(13)15-17)14-10(16)6-3-2-4-7(11)8(6)12/h2-5,17H,1H3,(H2,13,15)(H,14,16). The summed E-state index contributed by atoms with van der Waals surface area (Å²) >= 11 is 11.7. The first kappa shape index (κ1) is 13.6. The van der Waals surface area contributed by atoms with Crippen molar-refractivity contribution in [3.63, 3.8) is 0 Å². The molecule has 4 N–H and O–H groups in total. The fourth-order valence-corrected chi connectivity index (χ4v) is 1.50. The Morgan fingerprint density at radius 3 is 2.76 bits per heavy atom. The van der Waals surface area contributed by atoms with Crippen molar-refractivity contribution in [3.05, 3.63) is 33.8 Å². The molecule has 0 bridgehead atoms. The molecule has 0 aliphatic rings. The summed E-state index contributed by atoms with van der Waals surface area (Å²) in [5, 5.41) is 14.2. The van der Waals surface area contributed by atoms with Gasteiger partial charge < -0.3 is 16.3 Å². The topological polar surface area (TPSA) is 87.7 Å². The Labute approximate surface area is 108 Å². The zero-order valence-electron chi connectivity index (χ0n) is 8.95. The van der Waals surface area contributed by atoms with E-state index in [4.69, 9.17) is 34.1 Å². The van der Waals surface area contributed by atoms with Crippen LogP contribution in [0.2, 0.25) is 10.0 Å². The molecule has 1 aromatic rings. The Morgan fingerprint density at radius 2 is 2.18 bits per heavy atom. The van der Waals surface area contributed by atoms with Crippen molar-refractivity contribution < 1.29 is 10.0 Å². The minimum Gasteiger partial charge on any atom is -0.409 e. The Bertz CT molecular complexity index is 463. The molecule has 0 saturated carbocycles. The van der Waals surface area contributed by atoms with E-state index in [1.54, 1.807) is 19.1 Å². The third kappa shape index (κ3) is 3.25. The molecule has 0 saturated heterocycles. The highest BCUT2D eigenvalue weighted by Crippen LogP contribution is 2.25. The molecule has 0 aliphatic heterocycles. The summed E-state index contributed by atoms with van der Waals surface area (Å²) in [6.07, 6.45) is 0. The molecule has 1 aromatic carbocycles. The Hall–Kier alpha value is -1.46. The number of amides is 1. The third-order valence-electron chi connectivity index (χ3n) is 2.10. The predicted octanol–water partition coefficient (Wildman–Crippen LogP) is 1.86. The monoisotopic (exact) mass is 275 g/mol. The van der Waals surface area contributed by atoms with E-state index >= 15 is 0 Å². The zero-order chi connectivity index (χ0) is 13.0. The van der Waals surface area contributed by atoms with Gasteiger partial charge in [-0.3, -0.25) is 4.79 Å². The smallest absolute Gasteiger partial charge is 0.253 e. The number of benzene rings is 1. The van der Waals surface area contributed by atoms with Gasteiger partial charge in [0.05, 0.1) is 21.7 Å². The van der Waals surface area contributed by atoms with Crippen molar-refractivity contribution in [3.8, 4) is 0 Å². The Kier molecular flexibility index (Phi) is 4.60. The van der Waals surface area contributed by atoms with Gasteiger partial charge in [-0.25, -0.2) is 0 Å². The number of nitrogens with two attached hydrogens (primary N) is 1. The van der Waals surface area contributed by atoms with Crippen molar-refractivity contribution in [1.82, 2.24) is 5.32 Å². The number of oxime groups is 1. The lowest BCUT2D eigenvalue weighted by Gasteiger charge is -2.13. The second kappa shape index (κ2) is 5.75. The van der Waals surface area contributed by atoms with Crippen LogP contribution in [-0.4, -0.2) is 23.0 Å². The van der Waals surface area contributed by atoms with E-state index in [9.17, 15) is 4.79 Å². The first-order valence-electron chi connectivity index (χ1n) is 4.69. The van der Waals surface area contributed by atoms with E-state index in [2.05, 4.69) is 10.5 Å². The maximum atomic E-state index is 11.8. The highest BCUT2D eigenvalue weighted by atomic mass is 35.5. The maximum absolute atomic E-state index is 11.8. The largest absolute Gasteiger partial charge is 0.409 e. The predicted molar refractivity (Wildman–Crippen MR) is 66.8 cm³/mol. The highest BCUT2D eigenvalue weighted by molar-refractivity contribution is 6.43. The average molecular weight is 276 g/mol. The number of carbonyl (C=O) groups excluding carboxylic acids is 1. The second-order valence-corrected chi connectivity index (χ2v) is 4.11. The number of carbonyl (C=O) groups is 1. The van der Waals surface area contributed by atoms with Crippen molar-refractivity contribution in [2.24, 2.45) is 10.9 Å². The van der Waals surface area contributed by atoms with E-state index in [1.807, 2.05) is 0 Å². The molecule has 0 radical (unpaired) electrons. The molecule has 1 unspecified atom stereocenters. The van der Waals surface area contributed by atoms with Gasteiger partial charge in [-0.2, -0.15) is 0 Å². The van der Waals surface area contributed by atoms with Crippen molar-refractivity contribution in [1.29, 1.82) is 0 Å². The molecule has 0 spiro atoms. The fraction of sp³-hybridized carbons (Fsp3) is 0.200. The number of amidine groups is 1. The molecule has 7 heteroatoms. The van der Waals surface area contributed by atoms with Gasteiger partial charge in [0.1, 0.15) is 0 Å². The minimum absolute atomic E-state index is 0.100. The van der Waals surface area contributed by atoms with Gasteiger partial charge >= 0.3 is 0 Å². The van der Waals surface area contributed by atoms with Crippen molar-refractivity contribution in [2.75, 3.05) is 0 Å². The second-order valence-electron chi connectivity index (χ2n) is 3.32. The van der Waals surface area contributed by atoms with E-state index < -0.39 is 11.9 Å². The molecule has 17 heavy (non-hydrogen) atoms. The summed E-state index contributed by atoms with van der Waals surface area (Å²) in [4.78, 5) is 11.8. The molecule has 0 aromatic heterocycles. The van der Waals surface area contributed by atoms with E-state index in [1.165, 1.54) is 6.07 Å². The summed E-state index contributed by atoms with van der Waals surface area (Å²) in [5.74, 6) is -0.548. The van der Waals surface area contributed by atoms with E-state index in [0.29, 0.717) is 0 Å². The maximum Gasteiger partial charge on any atom is 0.253 e. The molecular formula is C10H11Cl2N3O2. The first-order chi connectivity index (χ1) is 7.97. The van der Waals surface area contributed by atoms with Crippen molar-refractivity contribution in [2.45, 2.75) is 13.0 Å². The van der Waals surface area contributed by atoms with Crippen LogP contribution in [0.25, 0.3) is 0 Å². The normalized spacial score (nSPS) is 13.2. The first-order valence-corrected chi connectivity index (χ1v) is 5.45. The highest BCUT2D eigenvalue weighted by Gasteiger charge is 2.16. The fourth-order valence-electron chi connectivity index (χ4n) is 1.11. The number of hydrogen-bond acceptors (Lipinski definition) is 3. The molecule has 1 atom stereocenters. The SMILES string of the molecule is CC(NC(=O)c1cccc(Cl)c1Cl)/C(N)=N/O. The van der Waals surface area contributed by atoms with Crippen LogP contribution in [-0.2, 0) is 0 Å². The lowest BCUT2D eigenvalue weighted by molar-refractivity contribution is 0.0949. The van der Waals surface area contributed by atoms with Crippen LogP contribution in [0, 0.1) is 0 Å². The third-order valence-corrected chi connectivity index (χ3v) is 2.92. The summed E-state index contributed by atoms with van der Waals surface area (Å²) in [6, 6.07) is 4.11. The van der Waals surface area contributed by atoms with Gasteiger partial charge in [0.2, 0.25) is 0 Å². The molecule has 5 nitrogen and oxygen atoms in total. The zero-order valence-corrected chi connectivity index (χ0v) is 10.5. The molecular weight excluding hydrogens is 265 g/mol. The number of nitrogens with zero attached hydrogens (tertiary/aromatic N) is 1. The summed E-state index contributed by atoms with van der Waals surface area (Å²) in [5.41, 5.74) is 5.57. The molecule has 0 fully saturated rings. The lowest BCUT2D eigenvalue weighted by atomic mass is 10.2. The number of nitrogens with one attached hydrogen (secondary N) is 1. The van der Waals surface area contributed by atoms with E-state index in [-0.39, 0.29) is 21.4 Å². The van der Waals surface area contributed by atoms with Gasteiger partial charge in [0.15, 0.2) is 5.84 Å². The molecule has 1 amide bonds. The van der Waals surface area contributed by atoms with Gasteiger partial charge in [-0.15, -0.1) is 0 Å². The van der Waals surface area contributed by atoms with Crippen molar-refractivity contribution >= 4 is 34.9 Å². The van der Waals surface area contributed by atoms with Crippen LogP contribution in [0.15, 0.2) is 23.4 Å². The van der Waals surface area contributed by atoms with Crippen LogP contribution in [0.5, 0.6) is 0 Å². The summed E-state index contributed by atoms with van der Waals surface area (Å²) in [6.45, 7) is 1.57.